The Hall–Kier alpha value is -1.59. The number of rotatable bonds is 0. The smallest absolute Gasteiger partial charge is 0.243 e. The van der Waals surface area contributed by atoms with Gasteiger partial charge in [-0.1, -0.05) is 26.0 Å². The third-order valence-electron chi connectivity index (χ3n) is 4.70. The van der Waals surface area contributed by atoms with Gasteiger partial charge in [0.25, 0.3) is 0 Å². The molecule has 0 spiro atoms. The van der Waals surface area contributed by atoms with Gasteiger partial charge < -0.3 is 10.2 Å². The summed E-state index contributed by atoms with van der Waals surface area (Å²) < 4.78 is 0.0834. The molecule has 114 valence electrons. The number of carbonyl (C=O) groups excluding carboxylic acids is 1. The third-order valence-corrected chi connectivity index (χ3v) is 4.70. The van der Waals surface area contributed by atoms with E-state index >= 15 is 0 Å². The van der Waals surface area contributed by atoms with E-state index in [-0.39, 0.29) is 10.6 Å². The Labute approximate surface area is 125 Å². The van der Waals surface area contributed by atoms with Crippen molar-refractivity contribution in [2.75, 3.05) is 36.9 Å². The monoisotopic (exact) mass is 290 g/mol. The second-order valence-corrected chi connectivity index (χ2v) is 6.13. The molecule has 0 radical (unpaired) electrons. The topological polar surface area (TPSA) is 52.6 Å². The van der Waals surface area contributed by atoms with Crippen molar-refractivity contribution in [2.45, 2.75) is 32.2 Å². The molecule has 3 aliphatic heterocycles. The zero-order chi connectivity index (χ0) is 15.2. The standard InChI is InChI=1S/C14H17N3O2.C2H6/c1-17(19)6-5-12-10(8-17)9-3-2-4-11-14(9)16(12)7-13(18)15-11;1-2/h2-4,10,12,19H,5-8H2,1H3;1-2H3/p+1. The fourth-order valence-corrected chi connectivity index (χ4v) is 3.92. The lowest BCUT2D eigenvalue weighted by atomic mass is 9.89. The Morgan fingerprint density at radius 1 is 1.38 bits per heavy atom. The number of fused-ring (bicyclic) bond motifs is 3. The summed E-state index contributed by atoms with van der Waals surface area (Å²) in [5.74, 6) is 0.392. The van der Waals surface area contributed by atoms with E-state index < -0.39 is 0 Å². The van der Waals surface area contributed by atoms with E-state index in [4.69, 9.17) is 0 Å². The van der Waals surface area contributed by atoms with Crippen molar-refractivity contribution >= 4 is 17.3 Å². The van der Waals surface area contributed by atoms with Gasteiger partial charge in [-0.25, -0.2) is 5.21 Å². The van der Waals surface area contributed by atoms with Crippen molar-refractivity contribution in [3.63, 3.8) is 0 Å². The number of carbonyl (C=O) groups is 1. The number of hydrogen-bond acceptors (Lipinski definition) is 3. The van der Waals surface area contributed by atoms with Gasteiger partial charge in [0.2, 0.25) is 5.91 Å². The number of anilines is 2. The Kier molecular flexibility index (Phi) is 3.42. The van der Waals surface area contributed by atoms with Crippen LogP contribution in [0.1, 0.15) is 31.7 Å². The molecule has 2 N–H and O–H groups in total. The molecule has 0 aromatic heterocycles. The number of nitrogens with zero attached hydrogens (tertiary/aromatic N) is 2. The van der Waals surface area contributed by atoms with Crippen LogP contribution in [-0.2, 0) is 4.79 Å². The highest BCUT2D eigenvalue weighted by atomic mass is 16.5. The van der Waals surface area contributed by atoms with E-state index in [0.717, 1.165) is 25.2 Å². The molecule has 1 saturated heterocycles. The number of benzene rings is 1. The molecule has 1 aromatic rings. The molecule has 1 aromatic carbocycles. The Bertz CT molecular complexity index is 571. The third kappa shape index (κ3) is 2.21. The van der Waals surface area contributed by atoms with Gasteiger partial charge in [-0.15, -0.1) is 0 Å². The fraction of sp³-hybridized carbons (Fsp3) is 0.562. The first-order valence-electron chi connectivity index (χ1n) is 7.82. The second kappa shape index (κ2) is 5.00. The van der Waals surface area contributed by atoms with Crippen LogP contribution < -0.4 is 10.2 Å². The summed E-state index contributed by atoms with van der Waals surface area (Å²) in [5.41, 5.74) is 3.38. The molecule has 1 amide bonds. The lowest BCUT2D eigenvalue weighted by Crippen LogP contribution is -2.55. The van der Waals surface area contributed by atoms with Crippen molar-refractivity contribution in [3.8, 4) is 0 Å². The summed E-state index contributed by atoms with van der Waals surface area (Å²) in [6.45, 7) is 5.93. The van der Waals surface area contributed by atoms with Gasteiger partial charge in [0.1, 0.15) is 13.1 Å². The van der Waals surface area contributed by atoms with E-state index in [2.05, 4.69) is 16.3 Å². The molecule has 3 unspecified atom stereocenters. The van der Waals surface area contributed by atoms with Crippen LogP contribution in [0.3, 0.4) is 0 Å². The minimum atomic E-state index is 0.0668. The number of likely N-dealkylation sites (tertiary alicyclic amines) is 1. The molecule has 21 heavy (non-hydrogen) atoms. The molecule has 0 bridgehead atoms. The van der Waals surface area contributed by atoms with E-state index in [9.17, 15) is 10.0 Å². The Morgan fingerprint density at radius 2 is 2.14 bits per heavy atom. The number of amides is 1. The molecule has 5 nitrogen and oxygen atoms in total. The van der Waals surface area contributed by atoms with Crippen LogP contribution >= 0.6 is 0 Å². The Morgan fingerprint density at radius 3 is 2.90 bits per heavy atom. The number of hydrogen-bond donors (Lipinski definition) is 2. The maximum absolute atomic E-state index is 11.8. The number of nitrogens with one attached hydrogen (secondary N) is 1. The molecule has 1 fully saturated rings. The largest absolute Gasteiger partial charge is 0.356 e. The summed E-state index contributed by atoms with van der Waals surface area (Å²) >= 11 is 0. The predicted octanol–water partition coefficient (Wildman–Crippen LogP) is 2.18. The van der Waals surface area contributed by atoms with Crippen molar-refractivity contribution in [1.29, 1.82) is 0 Å². The predicted molar refractivity (Wildman–Crippen MR) is 82.6 cm³/mol. The van der Waals surface area contributed by atoms with Crippen LogP contribution in [0, 0.1) is 0 Å². The summed E-state index contributed by atoms with van der Waals surface area (Å²) in [6, 6.07) is 6.46. The van der Waals surface area contributed by atoms with Gasteiger partial charge in [0, 0.05) is 12.5 Å². The van der Waals surface area contributed by atoms with Crippen LogP contribution in [0.4, 0.5) is 11.4 Å². The van der Waals surface area contributed by atoms with Crippen LogP contribution in [-0.4, -0.2) is 48.5 Å². The Balaban J connectivity index is 0.000000636. The van der Waals surface area contributed by atoms with Gasteiger partial charge in [-0.05, 0) is 11.6 Å². The first-order chi connectivity index (χ1) is 10.1. The number of hydroxylamine groups is 3. The van der Waals surface area contributed by atoms with Crippen LogP contribution in [0.25, 0.3) is 0 Å². The molecule has 3 heterocycles. The molecular formula is C16H24N3O2+. The van der Waals surface area contributed by atoms with Crippen molar-refractivity contribution < 1.29 is 14.6 Å². The molecule has 5 heteroatoms. The average Bonchev–Trinajstić information content (AvgIpc) is 2.75. The van der Waals surface area contributed by atoms with Crippen molar-refractivity contribution in [2.24, 2.45) is 0 Å². The second-order valence-electron chi connectivity index (χ2n) is 6.13. The molecule has 0 aliphatic carbocycles. The van der Waals surface area contributed by atoms with Gasteiger partial charge in [0.05, 0.1) is 30.9 Å². The molecular weight excluding hydrogens is 266 g/mol. The normalized spacial score (nSPS) is 32.6. The number of piperidine rings is 1. The van der Waals surface area contributed by atoms with Crippen LogP contribution in [0.5, 0.6) is 0 Å². The van der Waals surface area contributed by atoms with Crippen molar-refractivity contribution in [3.05, 3.63) is 23.8 Å². The maximum atomic E-state index is 11.8. The maximum Gasteiger partial charge on any atom is 0.243 e. The van der Waals surface area contributed by atoms with E-state index in [1.807, 2.05) is 33.0 Å². The van der Waals surface area contributed by atoms with Gasteiger partial charge >= 0.3 is 0 Å². The molecule has 0 saturated carbocycles. The zero-order valence-electron chi connectivity index (χ0n) is 13.0. The minimum absolute atomic E-state index is 0.0668. The van der Waals surface area contributed by atoms with Crippen molar-refractivity contribution in [1.82, 2.24) is 0 Å². The number of quaternary nitrogens is 1. The first kappa shape index (κ1) is 14.4. The molecule has 3 aliphatic rings. The SMILES string of the molecule is CC.C[N+]1(O)CCC2C(C1)c1cccc3c1N2CC(=O)N3. The summed E-state index contributed by atoms with van der Waals surface area (Å²) in [5, 5.41) is 13.2. The summed E-state index contributed by atoms with van der Waals surface area (Å²) in [4.78, 5) is 14.1. The van der Waals surface area contributed by atoms with Crippen LogP contribution in [0.15, 0.2) is 18.2 Å². The van der Waals surface area contributed by atoms with E-state index in [1.165, 1.54) is 11.3 Å². The van der Waals surface area contributed by atoms with Gasteiger partial charge in [-0.2, -0.15) is 4.65 Å². The number of para-hydroxylation sites is 1. The quantitative estimate of drug-likeness (QED) is 0.720. The lowest BCUT2D eigenvalue weighted by molar-refractivity contribution is -1.09. The number of likely N-dealkylation sites (N-methyl/N-ethyl adjacent to an activating group) is 1. The summed E-state index contributed by atoms with van der Waals surface area (Å²) in [6.07, 6.45) is 0.930. The highest BCUT2D eigenvalue weighted by Gasteiger charge is 2.49. The average molecular weight is 290 g/mol. The summed E-state index contributed by atoms with van der Waals surface area (Å²) in [7, 11) is 1.87. The lowest BCUT2D eigenvalue weighted by Gasteiger charge is -2.40. The fourth-order valence-electron chi connectivity index (χ4n) is 3.92. The van der Waals surface area contributed by atoms with Gasteiger partial charge in [0.15, 0.2) is 0 Å². The highest BCUT2D eigenvalue weighted by Crippen LogP contribution is 2.49. The molecule has 4 rings (SSSR count). The zero-order valence-corrected chi connectivity index (χ0v) is 13.0. The first-order valence-corrected chi connectivity index (χ1v) is 7.82. The van der Waals surface area contributed by atoms with E-state index in [0.29, 0.717) is 18.5 Å². The van der Waals surface area contributed by atoms with E-state index in [1.54, 1.807) is 0 Å². The highest BCUT2D eigenvalue weighted by molar-refractivity contribution is 6.03. The van der Waals surface area contributed by atoms with Gasteiger partial charge in [-0.3, -0.25) is 4.79 Å². The minimum Gasteiger partial charge on any atom is -0.356 e. The molecule has 3 atom stereocenters. The van der Waals surface area contributed by atoms with Crippen LogP contribution in [0.2, 0.25) is 0 Å².